The SMILES string of the molecule is CN1C[C]2C[C@@H]1CN2. The molecular formula is C6H11N2. The van der Waals surface area contributed by atoms with Gasteiger partial charge in [-0.05, 0) is 13.5 Å². The Kier molecular flexibility index (Phi) is 0.866. The molecule has 2 saturated heterocycles. The highest BCUT2D eigenvalue weighted by Crippen LogP contribution is 2.25. The van der Waals surface area contributed by atoms with Gasteiger partial charge in [0.05, 0.1) is 6.04 Å². The highest BCUT2D eigenvalue weighted by Gasteiger charge is 2.35. The molecule has 2 heterocycles. The summed E-state index contributed by atoms with van der Waals surface area (Å²) in [6.07, 6.45) is 1.30. The number of hydrogen-bond acceptors (Lipinski definition) is 2. The van der Waals surface area contributed by atoms with Gasteiger partial charge in [0.2, 0.25) is 0 Å². The van der Waals surface area contributed by atoms with Crippen LogP contribution in [0.15, 0.2) is 0 Å². The van der Waals surface area contributed by atoms with Crippen LogP contribution in [0.4, 0.5) is 0 Å². The topological polar surface area (TPSA) is 15.3 Å². The second-order valence-electron chi connectivity index (χ2n) is 2.76. The minimum atomic E-state index is 0.824. The number of hydrogen-bond donors (Lipinski definition) is 1. The monoisotopic (exact) mass is 111 g/mol. The van der Waals surface area contributed by atoms with Crippen molar-refractivity contribution in [2.75, 3.05) is 20.1 Å². The lowest BCUT2D eigenvalue weighted by Gasteiger charge is -2.21. The summed E-state index contributed by atoms with van der Waals surface area (Å²) in [4.78, 5) is 2.41. The van der Waals surface area contributed by atoms with Crippen LogP contribution in [0.5, 0.6) is 0 Å². The first-order valence-corrected chi connectivity index (χ1v) is 3.15. The van der Waals surface area contributed by atoms with Crippen LogP contribution in [-0.2, 0) is 0 Å². The zero-order valence-corrected chi connectivity index (χ0v) is 5.15. The summed E-state index contributed by atoms with van der Waals surface area (Å²) in [5.41, 5.74) is 0. The minimum Gasteiger partial charge on any atom is -0.307 e. The highest BCUT2D eigenvalue weighted by molar-refractivity contribution is 5.08. The maximum Gasteiger partial charge on any atom is 0.0522 e. The molecule has 0 unspecified atom stereocenters. The Morgan fingerprint density at radius 1 is 1.75 bits per heavy atom. The largest absolute Gasteiger partial charge is 0.307 e. The summed E-state index contributed by atoms with van der Waals surface area (Å²) < 4.78 is 0. The Balaban J connectivity index is 2.11. The van der Waals surface area contributed by atoms with E-state index in [1.165, 1.54) is 25.6 Å². The van der Waals surface area contributed by atoms with Gasteiger partial charge in [-0.2, -0.15) is 0 Å². The summed E-state index contributed by atoms with van der Waals surface area (Å²) >= 11 is 0. The molecule has 2 bridgehead atoms. The van der Waals surface area contributed by atoms with Gasteiger partial charge in [0.25, 0.3) is 0 Å². The van der Waals surface area contributed by atoms with E-state index in [0.717, 1.165) is 6.04 Å². The van der Waals surface area contributed by atoms with E-state index in [1.54, 1.807) is 0 Å². The predicted octanol–water partition coefficient (Wildman–Crippen LogP) is -0.174. The first kappa shape index (κ1) is 4.77. The molecule has 0 amide bonds. The molecule has 0 aromatic rings. The fourth-order valence-electron chi connectivity index (χ4n) is 1.55. The van der Waals surface area contributed by atoms with Gasteiger partial charge >= 0.3 is 0 Å². The molecule has 2 heteroatoms. The molecule has 0 aromatic heterocycles. The van der Waals surface area contributed by atoms with Crippen molar-refractivity contribution in [3.05, 3.63) is 6.04 Å². The van der Waals surface area contributed by atoms with E-state index in [-0.39, 0.29) is 0 Å². The van der Waals surface area contributed by atoms with Crippen LogP contribution in [0.1, 0.15) is 6.42 Å². The van der Waals surface area contributed by atoms with Crippen molar-refractivity contribution < 1.29 is 0 Å². The van der Waals surface area contributed by atoms with Crippen LogP contribution in [0.3, 0.4) is 0 Å². The molecule has 0 aromatic carbocycles. The Hall–Kier alpha value is -0.0800. The summed E-state index contributed by atoms with van der Waals surface area (Å²) in [5, 5.41) is 3.36. The summed E-state index contributed by atoms with van der Waals surface area (Å²) in [6, 6.07) is 2.36. The third-order valence-electron chi connectivity index (χ3n) is 2.13. The van der Waals surface area contributed by atoms with Crippen molar-refractivity contribution in [1.82, 2.24) is 10.2 Å². The lowest BCUT2D eigenvalue weighted by Crippen LogP contribution is -2.38. The second-order valence-corrected chi connectivity index (χ2v) is 2.76. The molecule has 1 N–H and O–H groups in total. The first-order valence-electron chi connectivity index (χ1n) is 3.15. The molecule has 2 fully saturated rings. The summed E-state index contributed by atoms with van der Waals surface area (Å²) in [6.45, 7) is 2.37. The minimum absolute atomic E-state index is 0.824. The van der Waals surface area contributed by atoms with E-state index >= 15 is 0 Å². The van der Waals surface area contributed by atoms with Crippen molar-refractivity contribution in [2.24, 2.45) is 0 Å². The molecule has 45 valence electrons. The number of fused-ring (bicyclic) bond motifs is 2. The van der Waals surface area contributed by atoms with Crippen LogP contribution in [0.25, 0.3) is 0 Å². The van der Waals surface area contributed by atoms with E-state index in [0.29, 0.717) is 0 Å². The normalized spacial score (nSPS) is 39.4. The first-order chi connectivity index (χ1) is 3.86. The van der Waals surface area contributed by atoms with Crippen molar-refractivity contribution in [3.63, 3.8) is 0 Å². The Bertz CT molecular complexity index is 101. The zero-order valence-electron chi connectivity index (χ0n) is 5.15. The Morgan fingerprint density at radius 2 is 2.62 bits per heavy atom. The van der Waals surface area contributed by atoms with Crippen LogP contribution < -0.4 is 5.32 Å². The average molecular weight is 111 g/mol. The number of rotatable bonds is 0. The number of nitrogens with zero attached hydrogens (tertiary/aromatic N) is 1. The molecule has 8 heavy (non-hydrogen) atoms. The fraction of sp³-hybridized carbons (Fsp3) is 0.833. The van der Waals surface area contributed by atoms with Gasteiger partial charge in [-0.1, -0.05) is 0 Å². The molecule has 1 atom stereocenters. The number of nitrogens with one attached hydrogen (secondary N) is 1. The standard InChI is InChI=1S/C6H11N2/c1-8-4-5-2-6(8)3-7-5/h6-7H,2-4H2,1H3/t6-/m1/s1. The summed E-state index contributed by atoms with van der Waals surface area (Å²) in [5.74, 6) is 0. The lowest BCUT2D eigenvalue weighted by molar-refractivity contribution is 0.291. The highest BCUT2D eigenvalue weighted by atomic mass is 15.3. The molecular weight excluding hydrogens is 100 g/mol. The quantitative estimate of drug-likeness (QED) is 0.466. The van der Waals surface area contributed by atoms with Gasteiger partial charge < -0.3 is 10.2 Å². The van der Waals surface area contributed by atoms with E-state index in [4.69, 9.17) is 0 Å². The van der Waals surface area contributed by atoms with Gasteiger partial charge in [-0.3, -0.25) is 0 Å². The van der Waals surface area contributed by atoms with E-state index in [2.05, 4.69) is 17.3 Å². The van der Waals surface area contributed by atoms with E-state index in [9.17, 15) is 0 Å². The summed E-state index contributed by atoms with van der Waals surface area (Å²) in [7, 11) is 2.19. The Morgan fingerprint density at radius 3 is 2.88 bits per heavy atom. The molecule has 0 saturated carbocycles. The molecule has 2 aliphatic heterocycles. The van der Waals surface area contributed by atoms with Gasteiger partial charge in [0, 0.05) is 19.1 Å². The van der Waals surface area contributed by atoms with E-state index in [1.807, 2.05) is 0 Å². The zero-order chi connectivity index (χ0) is 5.56. The third kappa shape index (κ3) is 0.501. The van der Waals surface area contributed by atoms with Gasteiger partial charge in [0.1, 0.15) is 0 Å². The van der Waals surface area contributed by atoms with Gasteiger partial charge in [-0.15, -0.1) is 0 Å². The second kappa shape index (κ2) is 1.45. The van der Waals surface area contributed by atoms with E-state index < -0.39 is 0 Å². The van der Waals surface area contributed by atoms with Crippen LogP contribution in [-0.4, -0.2) is 31.1 Å². The lowest BCUT2D eigenvalue weighted by atomic mass is 10.2. The van der Waals surface area contributed by atoms with Crippen molar-refractivity contribution in [3.8, 4) is 0 Å². The van der Waals surface area contributed by atoms with Crippen LogP contribution >= 0.6 is 0 Å². The number of likely N-dealkylation sites (N-methyl/N-ethyl adjacent to an activating group) is 1. The van der Waals surface area contributed by atoms with Crippen LogP contribution in [0.2, 0.25) is 0 Å². The Labute approximate surface area is 49.9 Å². The number of piperazine rings is 1. The van der Waals surface area contributed by atoms with Gasteiger partial charge in [-0.25, -0.2) is 0 Å². The molecule has 2 nitrogen and oxygen atoms in total. The molecule has 1 radical (unpaired) electrons. The smallest absolute Gasteiger partial charge is 0.0522 e. The van der Waals surface area contributed by atoms with Crippen molar-refractivity contribution in [1.29, 1.82) is 0 Å². The number of likely N-dealkylation sites (tertiary alicyclic amines) is 1. The molecule has 2 rings (SSSR count). The van der Waals surface area contributed by atoms with Crippen LogP contribution in [0, 0.1) is 6.04 Å². The van der Waals surface area contributed by atoms with Gasteiger partial charge in [0.15, 0.2) is 0 Å². The fourth-order valence-corrected chi connectivity index (χ4v) is 1.55. The maximum absolute atomic E-state index is 3.36. The molecule has 0 aliphatic carbocycles. The predicted molar refractivity (Wildman–Crippen MR) is 32.3 cm³/mol. The maximum atomic E-state index is 3.36. The van der Waals surface area contributed by atoms with Crippen molar-refractivity contribution in [2.45, 2.75) is 12.5 Å². The van der Waals surface area contributed by atoms with Crippen molar-refractivity contribution >= 4 is 0 Å². The average Bonchev–Trinajstić information content (AvgIpc) is 2.23. The molecule has 2 aliphatic rings. The third-order valence-corrected chi connectivity index (χ3v) is 2.13. The molecule has 0 spiro atoms.